The minimum absolute atomic E-state index is 0.0453. The van der Waals surface area contributed by atoms with Gasteiger partial charge in [-0.25, -0.2) is 9.37 Å². The summed E-state index contributed by atoms with van der Waals surface area (Å²) >= 11 is 0. The summed E-state index contributed by atoms with van der Waals surface area (Å²) < 4.78 is 18.5. The predicted molar refractivity (Wildman–Crippen MR) is 68.4 cm³/mol. The van der Waals surface area contributed by atoms with Gasteiger partial charge < -0.3 is 16.2 Å². The van der Waals surface area contributed by atoms with E-state index in [1.165, 1.54) is 30.3 Å². The lowest BCUT2D eigenvalue weighted by atomic mass is 10.2. The molecule has 6 heteroatoms. The molecule has 2 rings (SSSR count). The number of primary amides is 1. The number of nitrogens with zero attached hydrogens (tertiary/aromatic N) is 1. The van der Waals surface area contributed by atoms with E-state index in [-0.39, 0.29) is 23.1 Å². The molecule has 0 saturated carbocycles. The second kappa shape index (κ2) is 4.93. The summed E-state index contributed by atoms with van der Waals surface area (Å²) in [5.41, 5.74) is 11.7. The quantitative estimate of drug-likeness (QED) is 0.884. The SMILES string of the molecule is Cc1cc(F)ccc1Oc1nc(C(N)=O)ccc1N. The number of hydrogen-bond donors (Lipinski definition) is 2. The van der Waals surface area contributed by atoms with Gasteiger partial charge in [0.1, 0.15) is 17.3 Å². The fourth-order valence-corrected chi connectivity index (χ4v) is 1.50. The fraction of sp³-hybridized carbons (Fsp3) is 0.0769. The van der Waals surface area contributed by atoms with Crippen molar-refractivity contribution in [1.82, 2.24) is 4.98 Å². The molecule has 0 aliphatic heterocycles. The summed E-state index contributed by atoms with van der Waals surface area (Å²) in [4.78, 5) is 15.0. The number of nitrogen functional groups attached to an aromatic ring is 1. The van der Waals surface area contributed by atoms with E-state index in [4.69, 9.17) is 16.2 Å². The lowest BCUT2D eigenvalue weighted by Crippen LogP contribution is -2.13. The number of halogens is 1. The van der Waals surface area contributed by atoms with Crippen LogP contribution >= 0.6 is 0 Å². The van der Waals surface area contributed by atoms with E-state index in [1.54, 1.807) is 6.92 Å². The monoisotopic (exact) mass is 261 g/mol. The zero-order valence-corrected chi connectivity index (χ0v) is 10.2. The Morgan fingerprint density at radius 3 is 2.68 bits per heavy atom. The van der Waals surface area contributed by atoms with Crippen LogP contribution < -0.4 is 16.2 Å². The van der Waals surface area contributed by atoms with Crippen molar-refractivity contribution in [2.75, 3.05) is 5.73 Å². The number of carbonyl (C=O) groups is 1. The maximum atomic E-state index is 13.0. The molecule has 1 aromatic heterocycles. The fourth-order valence-electron chi connectivity index (χ4n) is 1.50. The highest BCUT2D eigenvalue weighted by Crippen LogP contribution is 2.28. The summed E-state index contributed by atoms with van der Waals surface area (Å²) in [6.45, 7) is 1.69. The first kappa shape index (κ1) is 12.8. The van der Waals surface area contributed by atoms with Crippen molar-refractivity contribution in [1.29, 1.82) is 0 Å². The Morgan fingerprint density at radius 1 is 1.32 bits per heavy atom. The molecule has 0 bridgehead atoms. The zero-order chi connectivity index (χ0) is 14.0. The predicted octanol–water partition coefficient (Wildman–Crippen LogP) is 2.00. The molecule has 0 fully saturated rings. The summed E-state index contributed by atoms with van der Waals surface area (Å²) in [5.74, 6) is -0.578. The Hall–Kier alpha value is -2.63. The van der Waals surface area contributed by atoms with Crippen LogP contribution in [0.3, 0.4) is 0 Å². The van der Waals surface area contributed by atoms with E-state index in [2.05, 4.69) is 4.98 Å². The number of hydrogen-bond acceptors (Lipinski definition) is 4. The molecule has 98 valence electrons. The summed E-state index contributed by atoms with van der Waals surface area (Å²) in [5, 5.41) is 0. The van der Waals surface area contributed by atoms with Crippen molar-refractivity contribution in [3.8, 4) is 11.6 Å². The van der Waals surface area contributed by atoms with E-state index in [9.17, 15) is 9.18 Å². The highest BCUT2D eigenvalue weighted by molar-refractivity contribution is 5.91. The first-order valence-corrected chi connectivity index (χ1v) is 5.47. The number of amides is 1. The number of carbonyl (C=O) groups excluding carboxylic acids is 1. The number of rotatable bonds is 3. The van der Waals surface area contributed by atoms with Crippen molar-refractivity contribution in [2.24, 2.45) is 5.73 Å². The van der Waals surface area contributed by atoms with Gasteiger partial charge in [0.05, 0.1) is 5.69 Å². The lowest BCUT2D eigenvalue weighted by molar-refractivity contribution is 0.0995. The topological polar surface area (TPSA) is 91.2 Å². The Balaban J connectivity index is 2.37. The Morgan fingerprint density at radius 2 is 2.05 bits per heavy atom. The first-order chi connectivity index (χ1) is 8.97. The van der Waals surface area contributed by atoms with Crippen molar-refractivity contribution in [2.45, 2.75) is 6.92 Å². The van der Waals surface area contributed by atoms with Gasteiger partial charge in [-0.1, -0.05) is 0 Å². The van der Waals surface area contributed by atoms with E-state index in [0.717, 1.165) is 0 Å². The second-order valence-corrected chi connectivity index (χ2v) is 3.97. The molecule has 0 aliphatic rings. The summed E-state index contributed by atoms with van der Waals surface area (Å²) in [7, 11) is 0. The number of nitrogens with two attached hydrogens (primary N) is 2. The molecule has 1 aromatic carbocycles. The van der Waals surface area contributed by atoms with Crippen LogP contribution in [0.1, 0.15) is 16.1 Å². The van der Waals surface area contributed by atoms with Crippen LogP contribution in [-0.2, 0) is 0 Å². The van der Waals surface area contributed by atoms with E-state index >= 15 is 0 Å². The molecule has 0 aliphatic carbocycles. The van der Waals surface area contributed by atoms with E-state index in [1.807, 2.05) is 0 Å². The molecule has 1 heterocycles. The zero-order valence-electron chi connectivity index (χ0n) is 10.2. The van der Waals surface area contributed by atoms with Crippen LogP contribution in [0, 0.1) is 12.7 Å². The third-order valence-corrected chi connectivity index (χ3v) is 2.49. The third-order valence-electron chi connectivity index (χ3n) is 2.49. The van der Waals surface area contributed by atoms with Crippen LogP contribution in [0.25, 0.3) is 0 Å². The molecule has 5 nitrogen and oxygen atoms in total. The Bertz CT molecular complexity index is 644. The van der Waals surface area contributed by atoms with Gasteiger partial charge in [-0.2, -0.15) is 0 Å². The lowest BCUT2D eigenvalue weighted by Gasteiger charge is -2.10. The Kier molecular flexibility index (Phi) is 3.33. The number of pyridine rings is 1. The van der Waals surface area contributed by atoms with Crippen molar-refractivity contribution in [3.05, 3.63) is 47.4 Å². The molecule has 0 radical (unpaired) electrons. The number of aromatic nitrogens is 1. The average molecular weight is 261 g/mol. The first-order valence-electron chi connectivity index (χ1n) is 5.47. The molecule has 0 spiro atoms. The van der Waals surface area contributed by atoms with Crippen LogP contribution in [0.2, 0.25) is 0 Å². The normalized spacial score (nSPS) is 10.2. The number of aryl methyl sites for hydroxylation is 1. The van der Waals surface area contributed by atoms with Gasteiger partial charge in [0.2, 0.25) is 5.88 Å². The number of benzene rings is 1. The molecular formula is C13H12FN3O2. The van der Waals surface area contributed by atoms with Crippen LogP contribution in [0.4, 0.5) is 10.1 Å². The third kappa shape index (κ3) is 2.79. The number of ether oxygens (including phenoxy) is 1. The number of anilines is 1. The van der Waals surface area contributed by atoms with Crippen molar-refractivity contribution in [3.63, 3.8) is 0 Å². The largest absolute Gasteiger partial charge is 0.437 e. The van der Waals surface area contributed by atoms with Crippen LogP contribution in [-0.4, -0.2) is 10.9 Å². The van der Waals surface area contributed by atoms with Crippen LogP contribution in [0.15, 0.2) is 30.3 Å². The van der Waals surface area contributed by atoms with Gasteiger partial charge in [0, 0.05) is 0 Å². The molecule has 0 saturated heterocycles. The van der Waals surface area contributed by atoms with Gasteiger partial charge in [0.25, 0.3) is 5.91 Å². The summed E-state index contributed by atoms with van der Waals surface area (Å²) in [6.07, 6.45) is 0. The molecule has 1 amide bonds. The van der Waals surface area contributed by atoms with Crippen molar-refractivity contribution < 1.29 is 13.9 Å². The minimum Gasteiger partial charge on any atom is -0.437 e. The second-order valence-electron chi connectivity index (χ2n) is 3.97. The smallest absolute Gasteiger partial charge is 0.267 e. The average Bonchev–Trinajstić information content (AvgIpc) is 2.34. The van der Waals surface area contributed by atoms with Gasteiger partial charge in [-0.15, -0.1) is 0 Å². The van der Waals surface area contributed by atoms with E-state index < -0.39 is 5.91 Å². The maximum Gasteiger partial charge on any atom is 0.267 e. The minimum atomic E-state index is -0.680. The molecular weight excluding hydrogens is 249 g/mol. The molecule has 0 atom stereocenters. The highest BCUT2D eigenvalue weighted by atomic mass is 19.1. The van der Waals surface area contributed by atoms with Gasteiger partial charge >= 0.3 is 0 Å². The van der Waals surface area contributed by atoms with E-state index in [0.29, 0.717) is 11.3 Å². The Labute approximate surface area is 109 Å². The highest BCUT2D eigenvalue weighted by Gasteiger charge is 2.10. The summed E-state index contributed by atoms with van der Waals surface area (Å²) in [6, 6.07) is 6.92. The molecule has 0 unspecified atom stereocenters. The standard InChI is InChI=1S/C13H12FN3O2/c1-7-6-8(14)2-5-11(7)19-13-9(15)3-4-10(17-13)12(16)18/h2-6H,15H2,1H3,(H2,16,18). The molecule has 19 heavy (non-hydrogen) atoms. The van der Waals surface area contributed by atoms with Gasteiger partial charge in [-0.3, -0.25) is 4.79 Å². The molecule has 2 aromatic rings. The van der Waals surface area contributed by atoms with Gasteiger partial charge in [0.15, 0.2) is 0 Å². The van der Waals surface area contributed by atoms with Gasteiger partial charge in [-0.05, 0) is 42.8 Å². The van der Waals surface area contributed by atoms with Crippen LogP contribution in [0.5, 0.6) is 11.6 Å². The maximum absolute atomic E-state index is 13.0. The molecule has 4 N–H and O–H groups in total. The van der Waals surface area contributed by atoms with Crippen molar-refractivity contribution >= 4 is 11.6 Å².